The topological polar surface area (TPSA) is 91.3 Å². The number of anilines is 2. The minimum Gasteiger partial charge on any atom is -0.386 e. The first-order valence-corrected chi connectivity index (χ1v) is 12.0. The molecular formula is C23H30N4O4S. The van der Waals surface area contributed by atoms with Crippen LogP contribution in [-0.2, 0) is 19.7 Å². The van der Waals surface area contributed by atoms with Crippen LogP contribution in [0, 0.1) is 6.92 Å². The fourth-order valence-corrected chi connectivity index (χ4v) is 5.22. The van der Waals surface area contributed by atoms with Crippen LogP contribution in [0.2, 0.25) is 0 Å². The lowest BCUT2D eigenvalue weighted by molar-refractivity contribution is -0.120. The summed E-state index contributed by atoms with van der Waals surface area (Å²) in [6.45, 7) is 2.53. The molecule has 2 aromatic rings. The number of nitrogens with one attached hydrogen (secondary N) is 1. The van der Waals surface area contributed by atoms with Gasteiger partial charge >= 0.3 is 0 Å². The highest BCUT2D eigenvalue weighted by molar-refractivity contribution is 7.89. The number of sulfonamides is 1. The molecule has 1 aliphatic heterocycles. The number of oxime groups is 1. The molecule has 1 fully saturated rings. The first kappa shape index (κ1) is 23.7. The van der Waals surface area contributed by atoms with Crippen LogP contribution in [0.25, 0.3) is 0 Å². The summed E-state index contributed by atoms with van der Waals surface area (Å²) in [6.07, 6.45) is 4.31. The van der Waals surface area contributed by atoms with Crippen molar-refractivity contribution in [3.8, 4) is 0 Å². The van der Waals surface area contributed by atoms with E-state index in [4.69, 9.17) is 4.84 Å². The van der Waals surface area contributed by atoms with E-state index in [1.807, 2.05) is 43.3 Å². The molecule has 3 rings (SSSR count). The molecule has 1 saturated heterocycles. The second-order valence-corrected chi connectivity index (χ2v) is 9.89. The molecule has 0 aromatic heterocycles. The van der Waals surface area contributed by atoms with Gasteiger partial charge in [-0.3, -0.25) is 4.79 Å². The van der Waals surface area contributed by atoms with Gasteiger partial charge in [-0.1, -0.05) is 29.8 Å². The van der Waals surface area contributed by atoms with Crippen LogP contribution in [0.15, 0.2) is 52.5 Å². The summed E-state index contributed by atoms with van der Waals surface area (Å²) in [5.41, 5.74) is 2.97. The van der Waals surface area contributed by atoms with Crippen LogP contribution in [0.4, 0.5) is 11.4 Å². The molecule has 1 heterocycles. The molecule has 0 unspecified atom stereocenters. The van der Waals surface area contributed by atoms with Crippen molar-refractivity contribution < 1.29 is 18.0 Å². The third kappa shape index (κ3) is 6.08. The Labute approximate surface area is 189 Å². The lowest BCUT2D eigenvalue weighted by Gasteiger charge is -2.26. The summed E-state index contributed by atoms with van der Waals surface area (Å²) >= 11 is 0. The monoisotopic (exact) mass is 458 g/mol. The summed E-state index contributed by atoms with van der Waals surface area (Å²) < 4.78 is 27.6. The van der Waals surface area contributed by atoms with E-state index in [0.29, 0.717) is 24.3 Å². The molecule has 9 heteroatoms. The zero-order valence-corrected chi connectivity index (χ0v) is 19.6. The first-order chi connectivity index (χ1) is 15.3. The molecule has 0 aliphatic carbocycles. The maximum atomic E-state index is 13.0. The molecule has 1 amide bonds. The lowest BCUT2D eigenvalue weighted by atomic mass is 10.2. The van der Waals surface area contributed by atoms with Crippen molar-refractivity contribution in [3.05, 3.63) is 53.6 Å². The molecule has 0 bridgehead atoms. The van der Waals surface area contributed by atoms with Gasteiger partial charge in [-0.15, -0.1) is 0 Å². The maximum absolute atomic E-state index is 13.0. The van der Waals surface area contributed by atoms with Crippen LogP contribution in [0.1, 0.15) is 30.4 Å². The number of amides is 1. The number of benzene rings is 2. The Morgan fingerprint density at radius 3 is 2.47 bits per heavy atom. The van der Waals surface area contributed by atoms with Crippen molar-refractivity contribution in [2.45, 2.75) is 31.1 Å². The fraction of sp³-hybridized carbons (Fsp3) is 0.391. The highest BCUT2D eigenvalue weighted by Gasteiger charge is 2.27. The Balaban J connectivity index is 1.57. The average Bonchev–Trinajstić information content (AvgIpc) is 2.79. The number of nitrogens with zero attached hydrogens (tertiary/aromatic N) is 3. The Hall–Kier alpha value is -2.91. The summed E-state index contributed by atoms with van der Waals surface area (Å²) in [5.74, 6) is -0.421. The highest BCUT2D eigenvalue weighted by Crippen LogP contribution is 2.26. The van der Waals surface area contributed by atoms with Crippen LogP contribution < -0.4 is 10.2 Å². The standard InChI is InChI=1S/C23H30N4O4S/c1-18-7-10-20(15-22(18)32(29,30)27-13-5-4-6-14-27)25-23(28)17-31-24-16-19-8-11-21(12-9-19)26(2)3/h7-12,15-16H,4-6,13-14,17H2,1-3H3,(H,25,28)/b24-16+. The summed E-state index contributed by atoms with van der Waals surface area (Å²) in [4.78, 5) is 19.5. The fourth-order valence-electron chi connectivity index (χ4n) is 3.45. The van der Waals surface area contributed by atoms with E-state index in [-0.39, 0.29) is 11.5 Å². The minimum absolute atomic E-state index is 0.220. The number of carbonyl (C=O) groups excluding carboxylic acids is 1. The number of aryl methyl sites for hydroxylation is 1. The zero-order valence-electron chi connectivity index (χ0n) is 18.7. The number of piperidine rings is 1. The van der Waals surface area contributed by atoms with Gasteiger partial charge in [0.05, 0.1) is 11.1 Å². The molecule has 8 nitrogen and oxygen atoms in total. The van der Waals surface area contributed by atoms with E-state index in [1.165, 1.54) is 16.6 Å². The second kappa shape index (κ2) is 10.6. The van der Waals surface area contributed by atoms with Gasteiger partial charge in [0.25, 0.3) is 5.91 Å². The molecule has 1 aliphatic rings. The van der Waals surface area contributed by atoms with Gasteiger partial charge in [-0.2, -0.15) is 4.31 Å². The van der Waals surface area contributed by atoms with Crippen molar-refractivity contribution >= 4 is 33.5 Å². The average molecular weight is 459 g/mol. The van der Waals surface area contributed by atoms with Gasteiger partial charge in [0.2, 0.25) is 10.0 Å². The Morgan fingerprint density at radius 2 is 1.81 bits per heavy atom. The Morgan fingerprint density at radius 1 is 1.12 bits per heavy atom. The van der Waals surface area contributed by atoms with E-state index < -0.39 is 15.9 Å². The van der Waals surface area contributed by atoms with E-state index in [9.17, 15) is 13.2 Å². The molecule has 0 radical (unpaired) electrons. The van der Waals surface area contributed by atoms with Gasteiger partial charge < -0.3 is 15.1 Å². The number of hydrogen-bond acceptors (Lipinski definition) is 6. The van der Waals surface area contributed by atoms with E-state index >= 15 is 0 Å². The number of carbonyl (C=O) groups is 1. The third-order valence-corrected chi connectivity index (χ3v) is 7.33. The third-order valence-electron chi connectivity index (χ3n) is 5.29. The Kier molecular flexibility index (Phi) is 7.87. The van der Waals surface area contributed by atoms with E-state index in [0.717, 1.165) is 30.5 Å². The van der Waals surface area contributed by atoms with Crippen molar-refractivity contribution in [1.82, 2.24) is 4.31 Å². The number of hydrogen-bond donors (Lipinski definition) is 1. The van der Waals surface area contributed by atoms with Crippen LogP contribution >= 0.6 is 0 Å². The molecule has 1 N–H and O–H groups in total. The van der Waals surface area contributed by atoms with Crippen molar-refractivity contribution in [3.63, 3.8) is 0 Å². The van der Waals surface area contributed by atoms with Gasteiger partial charge in [0.15, 0.2) is 6.61 Å². The largest absolute Gasteiger partial charge is 0.386 e. The molecule has 0 spiro atoms. The van der Waals surface area contributed by atoms with Crippen molar-refractivity contribution in [2.24, 2.45) is 5.16 Å². The normalized spacial score (nSPS) is 15.0. The van der Waals surface area contributed by atoms with Gasteiger partial charge in [-0.25, -0.2) is 8.42 Å². The first-order valence-electron chi connectivity index (χ1n) is 10.6. The van der Waals surface area contributed by atoms with Gasteiger partial charge in [-0.05, 0) is 55.2 Å². The predicted molar refractivity (Wildman–Crippen MR) is 127 cm³/mol. The van der Waals surface area contributed by atoms with Crippen LogP contribution in [0.5, 0.6) is 0 Å². The summed E-state index contributed by atoms with van der Waals surface area (Å²) in [6, 6.07) is 12.6. The molecule has 32 heavy (non-hydrogen) atoms. The zero-order chi connectivity index (χ0) is 23.1. The summed E-state index contributed by atoms with van der Waals surface area (Å²) in [5, 5.41) is 6.50. The van der Waals surface area contributed by atoms with E-state index in [2.05, 4.69) is 10.5 Å². The maximum Gasteiger partial charge on any atom is 0.265 e. The van der Waals surface area contributed by atoms with Crippen LogP contribution in [-0.4, -0.2) is 58.6 Å². The van der Waals surface area contributed by atoms with E-state index in [1.54, 1.807) is 19.1 Å². The quantitative estimate of drug-likeness (QED) is 0.484. The van der Waals surface area contributed by atoms with Crippen molar-refractivity contribution in [2.75, 3.05) is 44.0 Å². The molecule has 2 aromatic carbocycles. The van der Waals surface area contributed by atoms with Gasteiger partial charge in [0.1, 0.15) is 0 Å². The van der Waals surface area contributed by atoms with Crippen LogP contribution in [0.3, 0.4) is 0 Å². The Bertz CT molecular complexity index is 1060. The molecule has 0 atom stereocenters. The highest BCUT2D eigenvalue weighted by atomic mass is 32.2. The predicted octanol–water partition coefficient (Wildman–Crippen LogP) is 3.22. The molecule has 0 saturated carbocycles. The minimum atomic E-state index is -3.59. The lowest BCUT2D eigenvalue weighted by Crippen LogP contribution is -2.36. The smallest absolute Gasteiger partial charge is 0.265 e. The number of rotatable bonds is 8. The molecular weight excluding hydrogens is 428 g/mol. The summed E-state index contributed by atoms with van der Waals surface area (Å²) in [7, 11) is 0.340. The second-order valence-electron chi connectivity index (χ2n) is 7.99. The van der Waals surface area contributed by atoms with Gasteiger partial charge in [0, 0.05) is 38.6 Å². The molecule has 172 valence electrons. The SMILES string of the molecule is Cc1ccc(NC(=O)CO/N=C/c2ccc(N(C)C)cc2)cc1S(=O)(=O)N1CCCCC1. The van der Waals surface area contributed by atoms with Crippen molar-refractivity contribution in [1.29, 1.82) is 0 Å².